The molecule has 3 rings (SSSR count). The molecule has 1 aromatic carbocycles. The number of hydrogen-bond acceptors (Lipinski definition) is 11. The third-order valence-corrected chi connectivity index (χ3v) is 10.6. The highest BCUT2D eigenvalue weighted by molar-refractivity contribution is 5.97. The second-order valence-corrected chi connectivity index (χ2v) is 18.0. The first-order valence-electron chi connectivity index (χ1n) is 21.2. The molecule has 7 amide bonds. The standard InChI is InChI=1S/C43H66N8O11/c1-22(2)17-28-19-29(53)21-44-36(56)25(5)46-38(58)30(18-27-14-12-23(3)13-15-27)48-40(60)32-11-10-16-51(32)35(42(62)50-43(7,8)9)24(4)45-41(61)34(26(6)52)49-39(59)31(20-33(54)55)47-37(28)57/h12-15,22,24-26,28,30-32,34-35,52H,10-11,16-21H2,1-9H3,(H,44,56)(H,45,61)(H,46,58)(H,47,57)(H,48,60)(H,49,59)(H,50,62)(H,54,55)/t24-,25-,26+,28+,30-,31-,32-,34-,35-/m0/s1. The van der Waals surface area contributed by atoms with Gasteiger partial charge in [-0.15, -0.1) is 0 Å². The molecule has 1 aromatic rings. The molecule has 19 heteroatoms. The largest absolute Gasteiger partial charge is 0.481 e. The number of aliphatic carboxylic acids is 1. The van der Waals surface area contributed by atoms with Crippen LogP contribution < -0.4 is 37.2 Å². The Balaban J connectivity index is 2.11. The zero-order chi connectivity index (χ0) is 46.6. The summed E-state index contributed by atoms with van der Waals surface area (Å²) in [5.41, 5.74) is 0.931. The molecule has 0 radical (unpaired) electrons. The van der Waals surface area contributed by atoms with Crippen LogP contribution in [0.4, 0.5) is 0 Å². The number of benzene rings is 1. The van der Waals surface area contributed by atoms with Crippen LogP contribution in [0.5, 0.6) is 0 Å². The number of carboxylic acids is 1. The van der Waals surface area contributed by atoms with Crippen molar-refractivity contribution in [1.82, 2.24) is 42.1 Å². The van der Waals surface area contributed by atoms with Crippen molar-refractivity contribution in [2.24, 2.45) is 11.8 Å². The molecule has 19 nitrogen and oxygen atoms in total. The molecule has 0 aromatic heterocycles. The van der Waals surface area contributed by atoms with Crippen LogP contribution in [0.15, 0.2) is 24.3 Å². The normalized spacial score (nSPS) is 27.6. The average molecular weight is 871 g/mol. The van der Waals surface area contributed by atoms with Crippen molar-refractivity contribution in [2.45, 2.75) is 155 Å². The van der Waals surface area contributed by atoms with Crippen LogP contribution in [0.2, 0.25) is 0 Å². The molecule has 62 heavy (non-hydrogen) atoms. The molecule has 0 saturated carbocycles. The lowest BCUT2D eigenvalue weighted by atomic mass is 9.91. The SMILES string of the molecule is Cc1ccc(C[C@@H]2NC(=O)[C@@H]3CCCN3[C@H](C(=O)NC(C)(C)C)[C@H](C)NC(=O)[C@H]([C@@H](C)O)NC(=O)[C@H](CC(=O)O)NC(=O)[C@H](CC(C)C)CC(=O)CNC(=O)[C@H](C)NC2=O)cc1. The van der Waals surface area contributed by atoms with Crippen molar-refractivity contribution >= 4 is 53.1 Å². The Labute approximate surface area is 363 Å². The molecule has 0 bridgehead atoms. The van der Waals surface area contributed by atoms with Crippen molar-refractivity contribution < 1.29 is 53.4 Å². The molecule has 2 aliphatic rings. The maximum absolute atomic E-state index is 14.3. The molecule has 2 heterocycles. The van der Waals surface area contributed by atoms with Gasteiger partial charge in [-0.1, -0.05) is 43.7 Å². The van der Waals surface area contributed by atoms with E-state index in [9.17, 15) is 53.4 Å². The van der Waals surface area contributed by atoms with Crippen LogP contribution in [0, 0.1) is 18.8 Å². The van der Waals surface area contributed by atoms with Gasteiger partial charge in [0.05, 0.1) is 31.2 Å². The summed E-state index contributed by atoms with van der Waals surface area (Å²) < 4.78 is 0. The van der Waals surface area contributed by atoms with E-state index in [1.165, 1.54) is 20.8 Å². The smallest absolute Gasteiger partial charge is 0.305 e. The lowest BCUT2D eigenvalue weighted by molar-refractivity contribution is -0.142. The number of ketones is 1. The fourth-order valence-electron chi connectivity index (χ4n) is 7.59. The summed E-state index contributed by atoms with van der Waals surface area (Å²) in [6.45, 7) is 14.6. The quantitative estimate of drug-likeness (QED) is 0.158. The number of fused-ring (bicyclic) bond motifs is 1. The maximum atomic E-state index is 14.3. The predicted octanol–water partition coefficient (Wildman–Crippen LogP) is -0.644. The summed E-state index contributed by atoms with van der Waals surface area (Å²) in [6.07, 6.45) is -1.94. The number of nitrogens with one attached hydrogen (secondary N) is 7. The summed E-state index contributed by atoms with van der Waals surface area (Å²) in [6, 6.07) is -1.72. The van der Waals surface area contributed by atoms with E-state index in [0.29, 0.717) is 12.0 Å². The van der Waals surface area contributed by atoms with Crippen molar-refractivity contribution in [3.63, 3.8) is 0 Å². The number of aryl methyl sites for hydroxylation is 1. The topological polar surface area (TPSA) is 282 Å². The number of nitrogens with zero attached hydrogens (tertiary/aromatic N) is 1. The number of aliphatic hydroxyl groups excluding tert-OH is 1. The first kappa shape index (κ1) is 50.9. The molecule has 344 valence electrons. The number of hydrogen-bond donors (Lipinski definition) is 9. The Morgan fingerprint density at radius 2 is 1.44 bits per heavy atom. The van der Waals surface area contributed by atoms with Gasteiger partial charge in [-0.3, -0.25) is 48.1 Å². The fourth-order valence-corrected chi connectivity index (χ4v) is 7.59. The number of amides is 7. The van der Waals surface area contributed by atoms with Gasteiger partial charge in [-0.05, 0) is 85.8 Å². The zero-order valence-electron chi connectivity index (χ0n) is 37.3. The van der Waals surface area contributed by atoms with E-state index in [2.05, 4.69) is 37.2 Å². The van der Waals surface area contributed by atoms with Gasteiger partial charge in [0.2, 0.25) is 41.4 Å². The maximum Gasteiger partial charge on any atom is 0.305 e. The first-order chi connectivity index (χ1) is 28.9. The Bertz CT molecular complexity index is 1810. The minimum atomic E-state index is -1.74. The second kappa shape index (κ2) is 22.6. The minimum absolute atomic E-state index is 0.0386. The molecule has 0 unspecified atom stereocenters. The van der Waals surface area contributed by atoms with Crippen molar-refractivity contribution in [1.29, 1.82) is 0 Å². The van der Waals surface area contributed by atoms with Crippen LogP contribution in [0.25, 0.3) is 0 Å². The molecule has 9 N–H and O–H groups in total. The van der Waals surface area contributed by atoms with Gasteiger partial charge in [0.15, 0.2) is 5.78 Å². The van der Waals surface area contributed by atoms with E-state index in [4.69, 9.17) is 0 Å². The summed E-state index contributed by atoms with van der Waals surface area (Å²) >= 11 is 0. The van der Waals surface area contributed by atoms with Crippen LogP contribution in [-0.4, -0.2) is 135 Å². The van der Waals surface area contributed by atoms with E-state index >= 15 is 0 Å². The third-order valence-electron chi connectivity index (χ3n) is 10.6. The summed E-state index contributed by atoms with van der Waals surface area (Å²) in [4.78, 5) is 123. The van der Waals surface area contributed by atoms with Gasteiger partial charge in [0.1, 0.15) is 30.2 Å². The number of aliphatic hydroxyl groups is 1. The van der Waals surface area contributed by atoms with E-state index in [1.807, 2.05) is 31.2 Å². The monoisotopic (exact) mass is 870 g/mol. The number of carbonyl (C=O) groups is 9. The Morgan fingerprint density at radius 1 is 0.823 bits per heavy atom. The highest BCUT2D eigenvalue weighted by Crippen LogP contribution is 2.24. The first-order valence-corrected chi connectivity index (χ1v) is 21.2. The van der Waals surface area contributed by atoms with Gasteiger partial charge in [-0.25, -0.2) is 0 Å². The summed E-state index contributed by atoms with van der Waals surface area (Å²) in [5, 5.41) is 38.7. The zero-order valence-corrected chi connectivity index (χ0v) is 37.3. The lowest BCUT2D eigenvalue weighted by Crippen LogP contribution is -2.65. The Morgan fingerprint density at radius 3 is 2.02 bits per heavy atom. The van der Waals surface area contributed by atoms with Crippen molar-refractivity contribution in [3.8, 4) is 0 Å². The number of carbonyl (C=O) groups excluding carboxylic acids is 8. The molecule has 9 atom stereocenters. The molecule has 0 spiro atoms. The van der Waals surface area contributed by atoms with Gasteiger partial charge >= 0.3 is 5.97 Å². The molecule has 2 saturated heterocycles. The fraction of sp³-hybridized carbons (Fsp3) is 0.651. The number of Topliss-reactive ketones (excluding diaryl/α,β-unsaturated/α-hetero) is 1. The van der Waals surface area contributed by atoms with Crippen LogP contribution in [0.1, 0.15) is 98.6 Å². The van der Waals surface area contributed by atoms with Gasteiger partial charge in [0.25, 0.3) is 0 Å². The van der Waals surface area contributed by atoms with Crippen molar-refractivity contribution in [2.75, 3.05) is 13.1 Å². The third kappa shape index (κ3) is 15.5. The van der Waals surface area contributed by atoms with Gasteiger partial charge in [0, 0.05) is 24.3 Å². The molecule has 0 aliphatic carbocycles. The second-order valence-electron chi connectivity index (χ2n) is 18.0. The minimum Gasteiger partial charge on any atom is -0.481 e. The van der Waals surface area contributed by atoms with E-state index in [0.717, 1.165) is 5.56 Å². The highest BCUT2D eigenvalue weighted by atomic mass is 16.4. The summed E-state index contributed by atoms with van der Waals surface area (Å²) in [5.74, 6) is -8.64. The molecule has 2 aliphatic heterocycles. The van der Waals surface area contributed by atoms with Gasteiger partial charge in [-0.2, -0.15) is 0 Å². The highest BCUT2D eigenvalue weighted by Gasteiger charge is 2.44. The Hall–Kier alpha value is -5.43. The van der Waals surface area contributed by atoms with Gasteiger partial charge < -0.3 is 47.4 Å². The van der Waals surface area contributed by atoms with Crippen LogP contribution in [-0.2, 0) is 49.6 Å². The molecular weight excluding hydrogens is 805 g/mol. The van der Waals surface area contributed by atoms with Crippen molar-refractivity contribution in [3.05, 3.63) is 35.4 Å². The van der Waals surface area contributed by atoms with E-state index in [1.54, 1.807) is 39.5 Å². The number of carboxylic acid groups (broad SMARTS) is 1. The van der Waals surface area contributed by atoms with Crippen LogP contribution >= 0.6 is 0 Å². The Kier molecular flexibility index (Phi) is 18.6. The van der Waals surface area contributed by atoms with Crippen LogP contribution in [0.3, 0.4) is 0 Å². The molecule has 2 fully saturated rings. The average Bonchev–Trinajstić information content (AvgIpc) is 3.63. The van der Waals surface area contributed by atoms with E-state index < -0.39 is 132 Å². The molecular formula is C43H66N8O11. The summed E-state index contributed by atoms with van der Waals surface area (Å²) in [7, 11) is 0. The predicted molar refractivity (Wildman–Crippen MR) is 227 cm³/mol. The number of rotatable bonds is 8. The van der Waals surface area contributed by atoms with E-state index in [-0.39, 0.29) is 31.7 Å². The lowest BCUT2D eigenvalue weighted by Gasteiger charge is -2.38.